The third-order valence-corrected chi connectivity index (χ3v) is 5.20. The minimum absolute atomic E-state index is 0.117. The lowest BCUT2D eigenvalue weighted by molar-refractivity contribution is -0.402. The molecule has 2 N–H and O–H groups in total. The average molecular weight is 426 g/mol. The van der Waals surface area contributed by atoms with Crippen molar-refractivity contribution >= 4 is 28.9 Å². The summed E-state index contributed by atoms with van der Waals surface area (Å²) in [5.74, 6) is -1.18. The van der Waals surface area contributed by atoms with E-state index in [1.54, 1.807) is 19.9 Å². The fourth-order valence-corrected chi connectivity index (χ4v) is 3.31. The van der Waals surface area contributed by atoms with Crippen molar-refractivity contribution in [3.8, 4) is 16.5 Å². The molecule has 4 heterocycles. The number of nitrogens with zero attached hydrogens (tertiary/aromatic N) is 4. The Labute approximate surface area is 172 Å². The van der Waals surface area contributed by atoms with Gasteiger partial charge in [-0.15, -0.1) is 11.3 Å². The van der Waals surface area contributed by atoms with E-state index in [2.05, 4.69) is 20.4 Å². The number of anilines is 1. The van der Waals surface area contributed by atoms with E-state index < -0.39 is 16.7 Å². The molecule has 0 saturated carbocycles. The summed E-state index contributed by atoms with van der Waals surface area (Å²) >= 11 is 1.45. The van der Waals surface area contributed by atoms with E-state index in [9.17, 15) is 19.7 Å². The van der Waals surface area contributed by atoms with Crippen molar-refractivity contribution in [3.63, 3.8) is 0 Å². The maximum Gasteiger partial charge on any atom is 0.433 e. The zero-order chi connectivity index (χ0) is 21.4. The third-order valence-electron chi connectivity index (χ3n) is 4.30. The number of aryl methyl sites for hydroxylation is 1. The van der Waals surface area contributed by atoms with Crippen LogP contribution < -0.4 is 10.9 Å². The van der Waals surface area contributed by atoms with Gasteiger partial charge in [-0.3, -0.25) is 24.7 Å². The van der Waals surface area contributed by atoms with Gasteiger partial charge in [-0.2, -0.15) is 9.78 Å². The SMILES string of the molecule is Cc1nc(-n2nc(-c3cccs3)cc2NC(=O)c2ccc([N+](=O)[O-])o2)[nH]c(=O)c1C. The summed E-state index contributed by atoms with van der Waals surface area (Å²) in [6, 6.07) is 7.61. The summed E-state index contributed by atoms with van der Waals surface area (Å²) in [7, 11) is 0. The van der Waals surface area contributed by atoms with Crippen molar-refractivity contribution in [2.24, 2.45) is 0 Å². The number of carbonyl (C=O) groups excluding carboxylic acids is 1. The number of amides is 1. The minimum atomic E-state index is -0.736. The van der Waals surface area contributed by atoms with Gasteiger partial charge in [0.2, 0.25) is 5.95 Å². The average Bonchev–Trinajstić information content (AvgIpc) is 3.45. The van der Waals surface area contributed by atoms with Gasteiger partial charge in [0, 0.05) is 17.3 Å². The maximum atomic E-state index is 12.6. The lowest BCUT2D eigenvalue weighted by atomic mass is 10.3. The Hall–Kier alpha value is -4.06. The van der Waals surface area contributed by atoms with Crippen LogP contribution in [0.1, 0.15) is 21.8 Å². The third kappa shape index (κ3) is 3.51. The summed E-state index contributed by atoms with van der Waals surface area (Å²) in [5.41, 5.74) is 1.20. The number of aromatic amines is 1. The maximum absolute atomic E-state index is 12.6. The van der Waals surface area contributed by atoms with E-state index in [1.807, 2.05) is 17.5 Å². The molecule has 0 radical (unpaired) electrons. The van der Waals surface area contributed by atoms with Crippen molar-refractivity contribution in [2.75, 3.05) is 5.32 Å². The molecule has 11 nitrogen and oxygen atoms in total. The molecule has 30 heavy (non-hydrogen) atoms. The van der Waals surface area contributed by atoms with Crippen LogP contribution in [0.15, 0.2) is 44.9 Å². The molecule has 0 bridgehead atoms. The first-order chi connectivity index (χ1) is 14.3. The van der Waals surface area contributed by atoms with Gasteiger partial charge >= 0.3 is 5.88 Å². The number of aromatic nitrogens is 4. The van der Waals surface area contributed by atoms with Crippen molar-refractivity contribution in [1.29, 1.82) is 0 Å². The van der Waals surface area contributed by atoms with Crippen LogP contribution in [-0.2, 0) is 0 Å². The first kappa shape index (κ1) is 19.3. The number of hydrogen-bond acceptors (Lipinski definition) is 8. The number of hydrogen-bond donors (Lipinski definition) is 2. The van der Waals surface area contributed by atoms with E-state index in [4.69, 9.17) is 4.42 Å². The molecule has 1 amide bonds. The molecule has 0 aromatic carbocycles. The van der Waals surface area contributed by atoms with Gasteiger partial charge in [-0.25, -0.2) is 4.98 Å². The Balaban J connectivity index is 1.77. The first-order valence-electron chi connectivity index (χ1n) is 8.61. The lowest BCUT2D eigenvalue weighted by Gasteiger charge is -2.08. The summed E-state index contributed by atoms with van der Waals surface area (Å²) in [6.07, 6.45) is 0. The number of H-pyrrole nitrogens is 1. The number of carbonyl (C=O) groups is 1. The number of nitrogens with one attached hydrogen (secondary N) is 2. The second-order valence-electron chi connectivity index (χ2n) is 6.25. The fourth-order valence-electron chi connectivity index (χ4n) is 2.63. The van der Waals surface area contributed by atoms with Crippen LogP contribution in [0.25, 0.3) is 16.5 Å². The van der Waals surface area contributed by atoms with E-state index in [0.717, 1.165) is 10.9 Å². The number of furan rings is 1. The molecule has 0 saturated heterocycles. The lowest BCUT2D eigenvalue weighted by Crippen LogP contribution is -2.20. The van der Waals surface area contributed by atoms with E-state index in [-0.39, 0.29) is 23.1 Å². The molecule has 0 aliphatic heterocycles. The summed E-state index contributed by atoms with van der Waals surface area (Å²) in [4.78, 5) is 42.6. The van der Waals surface area contributed by atoms with Gasteiger partial charge < -0.3 is 9.73 Å². The fraction of sp³-hybridized carbons (Fsp3) is 0.111. The van der Waals surface area contributed by atoms with E-state index in [0.29, 0.717) is 17.0 Å². The molecule has 0 fully saturated rings. The number of thiophene rings is 1. The highest BCUT2D eigenvalue weighted by Gasteiger charge is 2.21. The Morgan fingerprint density at radius 2 is 2.13 bits per heavy atom. The molecule has 4 rings (SSSR count). The van der Waals surface area contributed by atoms with Crippen LogP contribution >= 0.6 is 11.3 Å². The molecule has 0 aliphatic carbocycles. The second kappa shape index (κ2) is 7.40. The summed E-state index contributed by atoms with van der Waals surface area (Å²) < 4.78 is 6.24. The molecular formula is C18H14N6O5S. The smallest absolute Gasteiger partial charge is 0.395 e. The highest BCUT2D eigenvalue weighted by atomic mass is 32.1. The van der Waals surface area contributed by atoms with Gasteiger partial charge in [0.15, 0.2) is 5.76 Å². The van der Waals surface area contributed by atoms with Crippen LogP contribution in [0, 0.1) is 24.0 Å². The van der Waals surface area contributed by atoms with Crippen LogP contribution in [-0.4, -0.2) is 30.6 Å². The number of nitro groups is 1. The molecule has 0 atom stereocenters. The Morgan fingerprint density at radius 3 is 2.77 bits per heavy atom. The van der Waals surface area contributed by atoms with Gasteiger partial charge in [-0.05, 0) is 31.4 Å². The topological polar surface area (TPSA) is 149 Å². The van der Waals surface area contributed by atoms with Crippen LogP contribution in [0.3, 0.4) is 0 Å². The highest BCUT2D eigenvalue weighted by molar-refractivity contribution is 7.13. The molecule has 12 heteroatoms. The van der Waals surface area contributed by atoms with Crippen molar-refractivity contribution < 1.29 is 14.1 Å². The molecule has 0 spiro atoms. The quantitative estimate of drug-likeness (QED) is 0.368. The zero-order valence-electron chi connectivity index (χ0n) is 15.7. The molecule has 0 unspecified atom stereocenters. The number of rotatable bonds is 5. The van der Waals surface area contributed by atoms with E-state index >= 15 is 0 Å². The van der Waals surface area contributed by atoms with Gasteiger partial charge in [0.05, 0.1) is 10.9 Å². The van der Waals surface area contributed by atoms with E-state index in [1.165, 1.54) is 22.1 Å². The summed E-state index contributed by atoms with van der Waals surface area (Å²) in [5, 5.41) is 19.7. The Bertz CT molecular complexity index is 1320. The monoisotopic (exact) mass is 426 g/mol. The van der Waals surface area contributed by atoms with Gasteiger partial charge in [-0.1, -0.05) is 6.07 Å². The van der Waals surface area contributed by atoms with Gasteiger partial charge in [0.1, 0.15) is 16.4 Å². The summed E-state index contributed by atoms with van der Waals surface area (Å²) in [6.45, 7) is 3.34. The minimum Gasteiger partial charge on any atom is -0.395 e. The highest BCUT2D eigenvalue weighted by Crippen LogP contribution is 2.28. The molecule has 0 aliphatic rings. The zero-order valence-corrected chi connectivity index (χ0v) is 16.5. The van der Waals surface area contributed by atoms with Crippen LogP contribution in [0.2, 0.25) is 0 Å². The predicted octanol–water partition coefficient (Wildman–Crippen LogP) is 3.05. The Kier molecular flexibility index (Phi) is 4.75. The molecular weight excluding hydrogens is 412 g/mol. The predicted molar refractivity (Wildman–Crippen MR) is 108 cm³/mol. The van der Waals surface area contributed by atoms with Crippen molar-refractivity contribution in [3.05, 3.63) is 73.2 Å². The second-order valence-corrected chi connectivity index (χ2v) is 7.20. The van der Waals surface area contributed by atoms with Crippen LogP contribution in [0.4, 0.5) is 11.7 Å². The van der Waals surface area contributed by atoms with Gasteiger partial charge in [0.25, 0.3) is 11.5 Å². The standard InChI is InChI=1S/C18H14N6O5S/c1-9-10(2)19-18(21-16(9)25)23-14(8-11(22-23)13-4-3-7-30-13)20-17(26)12-5-6-15(29-12)24(27)28/h3-8H,1-2H3,(H,20,26)(H,19,21,25). The molecule has 4 aromatic rings. The molecule has 152 valence electrons. The van der Waals surface area contributed by atoms with Crippen LogP contribution in [0.5, 0.6) is 0 Å². The molecule has 4 aromatic heterocycles. The normalized spacial score (nSPS) is 10.9. The largest absolute Gasteiger partial charge is 0.433 e. The Morgan fingerprint density at radius 1 is 1.33 bits per heavy atom. The van der Waals surface area contributed by atoms with Crippen molar-refractivity contribution in [2.45, 2.75) is 13.8 Å². The van der Waals surface area contributed by atoms with Crippen molar-refractivity contribution in [1.82, 2.24) is 19.7 Å². The first-order valence-corrected chi connectivity index (χ1v) is 9.49.